The van der Waals surface area contributed by atoms with Gasteiger partial charge in [0.15, 0.2) is 9.84 Å². The third-order valence-corrected chi connectivity index (χ3v) is 5.78. The third kappa shape index (κ3) is 3.58. The molecule has 6 nitrogen and oxygen atoms in total. The van der Waals surface area contributed by atoms with Gasteiger partial charge >= 0.3 is 0 Å². The second-order valence-corrected chi connectivity index (χ2v) is 8.13. The van der Waals surface area contributed by atoms with Gasteiger partial charge < -0.3 is 5.32 Å². The maximum atomic E-state index is 11.7. The molecule has 0 aliphatic carbocycles. The Balaban J connectivity index is 2.11. The summed E-state index contributed by atoms with van der Waals surface area (Å²) in [5.74, 6) is 2.11. The first-order chi connectivity index (χ1) is 9.43. The zero-order valence-corrected chi connectivity index (χ0v) is 13.2. The SMILES string of the molecule is CNCC(Cc1ncnn1C(C)C)C1CCS(=O)(=O)C1. The molecule has 0 saturated carbocycles. The summed E-state index contributed by atoms with van der Waals surface area (Å²) in [6.07, 6.45) is 3.13. The smallest absolute Gasteiger partial charge is 0.150 e. The molecule has 1 saturated heterocycles. The van der Waals surface area contributed by atoms with Crippen molar-refractivity contribution in [1.29, 1.82) is 0 Å². The van der Waals surface area contributed by atoms with E-state index in [0.29, 0.717) is 17.4 Å². The van der Waals surface area contributed by atoms with Gasteiger partial charge in [0.25, 0.3) is 0 Å². The average molecular weight is 300 g/mol. The molecule has 1 aromatic rings. The van der Waals surface area contributed by atoms with Crippen molar-refractivity contribution in [3.8, 4) is 0 Å². The molecule has 1 aliphatic rings. The number of hydrogen-bond donors (Lipinski definition) is 1. The normalized spacial score (nSPS) is 23.3. The second-order valence-electron chi connectivity index (χ2n) is 5.90. The Labute approximate surface area is 120 Å². The first-order valence-electron chi connectivity index (χ1n) is 7.16. The van der Waals surface area contributed by atoms with Gasteiger partial charge in [-0.3, -0.25) is 0 Å². The van der Waals surface area contributed by atoms with Crippen LogP contribution in [0.25, 0.3) is 0 Å². The third-order valence-electron chi connectivity index (χ3n) is 3.98. The van der Waals surface area contributed by atoms with E-state index in [-0.39, 0.29) is 12.0 Å². The molecule has 2 atom stereocenters. The fourth-order valence-corrected chi connectivity index (χ4v) is 4.87. The van der Waals surface area contributed by atoms with Gasteiger partial charge in [-0.1, -0.05) is 0 Å². The molecule has 0 aromatic carbocycles. The zero-order valence-electron chi connectivity index (χ0n) is 12.4. The first kappa shape index (κ1) is 15.4. The average Bonchev–Trinajstić information content (AvgIpc) is 2.95. The molecule has 0 radical (unpaired) electrons. The summed E-state index contributed by atoms with van der Waals surface area (Å²) in [4.78, 5) is 4.34. The highest BCUT2D eigenvalue weighted by Gasteiger charge is 2.34. The Hall–Kier alpha value is -0.950. The highest BCUT2D eigenvalue weighted by molar-refractivity contribution is 7.91. The van der Waals surface area contributed by atoms with Crippen LogP contribution >= 0.6 is 0 Å². The first-order valence-corrected chi connectivity index (χ1v) is 8.98. The molecular weight excluding hydrogens is 276 g/mol. The molecule has 1 aliphatic heterocycles. The van der Waals surface area contributed by atoms with Crippen molar-refractivity contribution in [3.05, 3.63) is 12.2 Å². The quantitative estimate of drug-likeness (QED) is 0.835. The van der Waals surface area contributed by atoms with Crippen molar-refractivity contribution in [3.63, 3.8) is 0 Å². The van der Waals surface area contributed by atoms with Gasteiger partial charge in [0.2, 0.25) is 0 Å². The lowest BCUT2D eigenvalue weighted by Gasteiger charge is -2.22. The van der Waals surface area contributed by atoms with Crippen molar-refractivity contribution in [2.24, 2.45) is 11.8 Å². The molecule has 7 heteroatoms. The molecule has 2 rings (SSSR count). The molecule has 114 valence electrons. The molecule has 0 spiro atoms. The van der Waals surface area contributed by atoms with Crippen LogP contribution in [0.4, 0.5) is 0 Å². The van der Waals surface area contributed by atoms with E-state index < -0.39 is 9.84 Å². The lowest BCUT2D eigenvalue weighted by molar-refractivity contribution is 0.336. The van der Waals surface area contributed by atoms with Crippen LogP contribution in [0.15, 0.2) is 6.33 Å². The van der Waals surface area contributed by atoms with Gasteiger partial charge in [-0.15, -0.1) is 0 Å². The molecule has 20 heavy (non-hydrogen) atoms. The van der Waals surface area contributed by atoms with Crippen molar-refractivity contribution in [1.82, 2.24) is 20.1 Å². The fraction of sp³-hybridized carbons (Fsp3) is 0.846. The van der Waals surface area contributed by atoms with E-state index in [1.165, 1.54) is 0 Å². The summed E-state index contributed by atoms with van der Waals surface area (Å²) in [5.41, 5.74) is 0. The van der Waals surface area contributed by atoms with Crippen LogP contribution in [0.1, 0.15) is 32.1 Å². The highest BCUT2D eigenvalue weighted by atomic mass is 32.2. The van der Waals surface area contributed by atoms with Gasteiger partial charge in [-0.05, 0) is 45.7 Å². The molecule has 1 N–H and O–H groups in total. The van der Waals surface area contributed by atoms with Crippen LogP contribution in [-0.4, -0.2) is 48.3 Å². The number of sulfone groups is 1. The lowest BCUT2D eigenvalue weighted by atomic mass is 9.88. The van der Waals surface area contributed by atoms with Gasteiger partial charge in [0, 0.05) is 12.5 Å². The van der Waals surface area contributed by atoms with E-state index in [1.807, 2.05) is 11.7 Å². The summed E-state index contributed by atoms with van der Waals surface area (Å²) in [7, 11) is -0.928. The summed E-state index contributed by atoms with van der Waals surface area (Å²) in [5, 5.41) is 7.43. The molecule has 2 heterocycles. The lowest BCUT2D eigenvalue weighted by Crippen LogP contribution is -2.30. The van der Waals surface area contributed by atoms with Crippen molar-refractivity contribution in [2.45, 2.75) is 32.7 Å². The molecular formula is C13H24N4O2S. The maximum absolute atomic E-state index is 11.7. The van der Waals surface area contributed by atoms with Crippen LogP contribution in [-0.2, 0) is 16.3 Å². The fourth-order valence-electron chi connectivity index (χ4n) is 2.95. The highest BCUT2D eigenvalue weighted by Crippen LogP contribution is 2.28. The number of hydrogen-bond acceptors (Lipinski definition) is 5. The predicted octanol–water partition coefficient (Wildman–Crippen LogP) is 0.672. The van der Waals surface area contributed by atoms with Crippen molar-refractivity contribution in [2.75, 3.05) is 25.1 Å². The van der Waals surface area contributed by atoms with Crippen LogP contribution in [0.5, 0.6) is 0 Å². The van der Waals surface area contributed by atoms with E-state index in [4.69, 9.17) is 0 Å². The summed E-state index contributed by atoms with van der Waals surface area (Å²) < 4.78 is 25.3. The Bertz CT molecular complexity index is 538. The number of nitrogens with zero attached hydrogens (tertiary/aromatic N) is 3. The minimum absolute atomic E-state index is 0.227. The predicted molar refractivity (Wildman–Crippen MR) is 78.3 cm³/mol. The molecule has 0 amide bonds. The molecule has 0 bridgehead atoms. The van der Waals surface area contributed by atoms with Crippen molar-refractivity contribution >= 4 is 9.84 Å². The summed E-state index contributed by atoms with van der Waals surface area (Å²) in [6, 6.07) is 0.273. The van der Waals surface area contributed by atoms with E-state index in [9.17, 15) is 8.42 Å². The number of rotatable bonds is 6. The minimum atomic E-state index is -2.83. The van der Waals surface area contributed by atoms with Crippen molar-refractivity contribution < 1.29 is 8.42 Å². The standard InChI is InChI=1S/C13H24N4O2S/c1-10(2)17-13(15-9-16-17)6-12(7-14-3)11-4-5-20(18,19)8-11/h9-12,14H,4-8H2,1-3H3. The van der Waals surface area contributed by atoms with Crippen LogP contribution in [0, 0.1) is 11.8 Å². The topological polar surface area (TPSA) is 76.9 Å². The molecule has 2 unspecified atom stereocenters. The Morgan fingerprint density at radius 2 is 2.25 bits per heavy atom. The Morgan fingerprint density at radius 1 is 1.50 bits per heavy atom. The second kappa shape index (κ2) is 6.22. The summed E-state index contributed by atoms with van der Waals surface area (Å²) in [6.45, 7) is 4.96. The number of nitrogens with one attached hydrogen (secondary N) is 1. The molecule has 1 fully saturated rings. The van der Waals surface area contributed by atoms with Gasteiger partial charge in [-0.2, -0.15) is 5.10 Å². The number of aromatic nitrogens is 3. The van der Waals surface area contributed by atoms with E-state index in [0.717, 1.165) is 25.2 Å². The summed E-state index contributed by atoms with van der Waals surface area (Å²) >= 11 is 0. The van der Waals surface area contributed by atoms with E-state index in [2.05, 4.69) is 29.2 Å². The van der Waals surface area contributed by atoms with Crippen LogP contribution in [0.3, 0.4) is 0 Å². The van der Waals surface area contributed by atoms with Crippen LogP contribution in [0.2, 0.25) is 0 Å². The largest absolute Gasteiger partial charge is 0.319 e. The van der Waals surface area contributed by atoms with Crippen LogP contribution < -0.4 is 5.32 Å². The molecule has 1 aromatic heterocycles. The Morgan fingerprint density at radius 3 is 2.80 bits per heavy atom. The minimum Gasteiger partial charge on any atom is -0.319 e. The maximum Gasteiger partial charge on any atom is 0.150 e. The van der Waals surface area contributed by atoms with Gasteiger partial charge in [-0.25, -0.2) is 18.1 Å². The van der Waals surface area contributed by atoms with Gasteiger partial charge in [0.1, 0.15) is 12.2 Å². The van der Waals surface area contributed by atoms with E-state index in [1.54, 1.807) is 6.33 Å². The monoisotopic (exact) mass is 300 g/mol. The van der Waals surface area contributed by atoms with E-state index >= 15 is 0 Å². The van der Waals surface area contributed by atoms with Gasteiger partial charge in [0.05, 0.1) is 11.5 Å². The Kier molecular flexibility index (Phi) is 4.80. The zero-order chi connectivity index (χ0) is 14.8.